The summed E-state index contributed by atoms with van der Waals surface area (Å²) in [4.78, 5) is 11.5. The topological polar surface area (TPSA) is 46.3 Å². The molecule has 0 bridgehead atoms. The summed E-state index contributed by atoms with van der Waals surface area (Å²) < 4.78 is 1.93. The van der Waals surface area contributed by atoms with Crippen molar-refractivity contribution in [1.82, 2.24) is 19.6 Å². The summed E-state index contributed by atoms with van der Waals surface area (Å²) in [6, 6.07) is 10.6. The molecule has 0 unspecified atom stereocenters. The fourth-order valence-electron chi connectivity index (χ4n) is 4.14. The maximum atomic E-state index is 4.69. The lowest BCUT2D eigenvalue weighted by Crippen LogP contribution is -2.40. The van der Waals surface area contributed by atoms with Gasteiger partial charge in [-0.2, -0.15) is 14.6 Å². The Kier molecular flexibility index (Phi) is 4.15. The van der Waals surface area contributed by atoms with Crippen LogP contribution in [0.1, 0.15) is 37.1 Å². The van der Waals surface area contributed by atoms with Crippen LogP contribution < -0.4 is 4.90 Å². The van der Waals surface area contributed by atoms with Gasteiger partial charge in [0.05, 0.1) is 0 Å². The number of fused-ring (bicyclic) bond motifs is 1. The number of anilines is 1. The van der Waals surface area contributed by atoms with Crippen molar-refractivity contribution in [3.05, 3.63) is 53.5 Å². The maximum absolute atomic E-state index is 4.69. The van der Waals surface area contributed by atoms with Gasteiger partial charge in [-0.1, -0.05) is 44.2 Å². The Morgan fingerprint density at radius 1 is 1.08 bits per heavy atom. The Balaban J connectivity index is 1.84. The van der Waals surface area contributed by atoms with Crippen LogP contribution in [-0.2, 0) is 6.42 Å². The second-order valence-electron chi connectivity index (χ2n) is 7.48. The first-order chi connectivity index (χ1) is 12.1. The van der Waals surface area contributed by atoms with Gasteiger partial charge in [0.25, 0.3) is 5.78 Å². The third kappa shape index (κ3) is 3.11. The highest BCUT2D eigenvalue weighted by molar-refractivity contribution is 5.56. The van der Waals surface area contributed by atoms with E-state index < -0.39 is 0 Å². The van der Waals surface area contributed by atoms with Crippen LogP contribution in [0.4, 0.5) is 5.82 Å². The molecule has 0 spiro atoms. The van der Waals surface area contributed by atoms with E-state index in [1.807, 2.05) is 4.52 Å². The van der Waals surface area contributed by atoms with Crippen molar-refractivity contribution in [3.63, 3.8) is 0 Å². The first kappa shape index (κ1) is 16.1. The molecule has 0 radical (unpaired) electrons. The smallest absolute Gasteiger partial charge is 0.254 e. The molecule has 2 aromatic heterocycles. The molecule has 3 aromatic rings. The summed E-state index contributed by atoms with van der Waals surface area (Å²) in [5, 5.41) is 4.49. The average molecular weight is 335 g/mol. The SMILES string of the molecule is Cc1nc2ncnn2c(N2C[C@@H](C)C[C@H](C)C2)c1Cc1ccccc1. The van der Waals surface area contributed by atoms with Crippen molar-refractivity contribution in [1.29, 1.82) is 0 Å². The second kappa shape index (κ2) is 6.47. The molecule has 130 valence electrons. The van der Waals surface area contributed by atoms with E-state index in [4.69, 9.17) is 0 Å². The second-order valence-corrected chi connectivity index (χ2v) is 7.48. The van der Waals surface area contributed by atoms with Crippen molar-refractivity contribution in [2.75, 3.05) is 18.0 Å². The lowest BCUT2D eigenvalue weighted by Gasteiger charge is -2.37. The molecular weight excluding hydrogens is 310 g/mol. The minimum atomic E-state index is 0.681. The highest BCUT2D eigenvalue weighted by Gasteiger charge is 2.27. The van der Waals surface area contributed by atoms with Crippen LogP contribution in [-0.4, -0.2) is 32.7 Å². The number of aromatic nitrogens is 4. The van der Waals surface area contributed by atoms with Gasteiger partial charge in [0.2, 0.25) is 0 Å². The van der Waals surface area contributed by atoms with Gasteiger partial charge in [-0.25, -0.2) is 4.98 Å². The Hall–Kier alpha value is -2.43. The Labute approximate surface area is 148 Å². The largest absolute Gasteiger partial charge is 0.356 e. The average Bonchev–Trinajstić information content (AvgIpc) is 3.03. The molecule has 0 amide bonds. The number of piperidine rings is 1. The molecule has 1 aliphatic heterocycles. The molecule has 3 heterocycles. The molecule has 1 saturated heterocycles. The summed E-state index contributed by atoms with van der Waals surface area (Å²) in [5.74, 6) is 3.22. The van der Waals surface area contributed by atoms with Crippen LogP contribution in [0.3, 0.4) is 0 Å². The van der Waals surface area contributed by atoms with Gasteiger partial charge in [-0.3, -0.25) is 0 Å². The van der Waals surface area contributed by atoms with Gasteiger partial charge >= 0.3 is 0 Å². The highest BCUT2D eigenvalue weighted by Crippen LogP contribution is 2.31. The molecule has 1 aliphatic rings. The van der Waals surface area contributed by atoms with Crippen LogP contribution in [0.5, 0.6) is 0 Å². The molecule has 4 rings (SSSR count). The molecule has 1 aromatic carbocycles. The highest BCUT2D eigenvalue weighted by atomic mass is 15.4. The van der Waals surface area contributed by atoms with Crippen LogP contribution in [0.15, 0.2) is 36.7 Å². The van der Waals surface area contributed by atoms with Crippen molar-refractivity contribution < 1.29 is 0 Å². The quantitative estimate of drug-likeness (QED) is 0.735. The van der Waals surface area contributed by atoms with Crippen LogP contribution in [0.25, 0.3) is 5.78 Å². The molecule has 25 heavy (non-hydrogen) atoms. The van der Waals surface area contributed by atoms with Crippen molar-refractivity contribution in [3.8, 4) is 0 Å². The normalized spacial score (nSPS) is 21.0. The number of hydrogen-bond acceptors (Lipinski definition) is 4. The molecule has 0 saturated carbocycles. The van der Waals surface area contributed by atoms with Gasteiger partial charge in [0.15, 0.2) is 0 Å². The number of benzene rings is 1. The molecule has 5 heteroatoms. The van der Waals surface area contributed by atoms with E-state index in [1.165, 1.54) is 23.4 Å². The van der Waals surface area contributed by atoms with Gasteiger partial charge in [-0.15, -0.1) is 0 Å². The van der Waals surface area contributed by atoms with Gasteiger partial charge in [-0.05, 0) is 30.7 Å². The molecule has 5 nitrogen and oxygen atoms in total. The molecule has 2 atom stereocenters. The zero-order valence-electron chi connectivity index (χ0n) is 15.2. The fraction of sp³-hybridized carbons (Fsp3) is 0.450. The first-order valence-electron chi connectivity index (χ1n) is 9.10. The summed E-state index contributed by atoms with van der Waals surface area (Å²) >= 11 is 0. The van der Waals surface area contributed by atoms with Crippen molar-refractivity contribution in [2.24, 2.45) is 11.8 Å². The lowest BCUT2D eigenvalue weighted by molar-refractivity contribution is 0.353. The zero-order chi connectivity index (χ0) is 17.4. The monoisotopic (exact) mass is 335 g/mol. The van der Waals surface area contributed by atoms with E-state index in [9.17, 15) is 0 Å². The van der Waals surface area contributed by atoms with Crippen LogP contribution in [0.2, 0.25) is 0 Å². The van der Waals surface area contributed by atoms with E-state index >= 15 is 0 Å². The Morgan fingerprint density at radius 2 is 1.80 bits per heavy atom. The molecular formula is C20H25N5. The van der Waals surface area contributed by atoms with Crippen LogP contribution >= 0.6 is 0 Å². The van der Waals surface area contributed by atoms with E-state index in [-0.39, 0.29) is 0 Å². The third-order valence-electron chi connectivity index (χ3n) is 5.10. The predicted molar refractivity (Wildman–Crippen MR) is 99.9 cm³/mol. The number of aryl methyl sites for hydroxylation is 1. The van der Waals surface area contributed by atoms with E-state index in [1.54, 1.807) is 6.33 Å². The molecule has 0 N–H and O–H groups in total. The maximum Gasteiger partial charge on any atom is 0.254 e. The minimum Gasteiger partial charge on any atom is -0.356 e. The number of nitrogens with zero attached hydrogens (tertiary/aromatic N) is 5. The summed E-state index contributed by atoms with van der Waals surface area (Å²) in [6.45, 7) is 8.89. The molecule has 1 fully saturated rings. The van der Waals surface area contributed by atoms with Crippen molar-refractivity contribution in [2.45, 2.75) is 33.6 Å². The van der Waals surface area contributed by atoms with Gasteiger partial charge < -0.3 is 4.90 Å². The third-order valence-corrected chi connectivity index (χ3v) is 5.10. The first-order valence-corrected chi connectivity index (χ1v) is 9.10. The van der Waals surface area contributed by atoms with E-state index in [2.05, 4.69) is 71.1 Å². The van der Waals surface area contributed by atoms with Crippen LogP contribution in [0, 0.1) is 18.8 Å². The Bertz CT molecular complexity index is 860. The van der Waals surface area contributed by atoms with Crippen molar-refractivity contribution >= 4 is 11.6 Å². The summed E-state index contributed by atoms with van der Waals surface area (Å²) in [6.07, 6.45) is 3.76. The lowest BCUT2D eigenvalue weighted by atomic mass is 9.91. The minimum absolute atomic E-state index is 0.681. The standard InChI is InChI=1S/C20H25N5/c1-14-9-15(2)12-24(11-14)19-18(10-17-7-5-4-6-8-17)16(3)23-20-21-13-22-25(19)20/h4-8,13-15H,9-12H2,1-3H3/t14-,15-/m0/s1. The fourth-order valence-corrected chi connectivity index (χ4v) is 4.14. The Morgan fingerprint density at radius 3 is 2.52 bits per heavy atom. The van der Waals surface area contributed by atoms with Gasteiger partial charge in [0, 0.05) is 30.8 Å². The zero-order valence-corrected chi connectivity index (χ0v) is 15.2. The van der Waals surface area contributed by atoms with E-state index in [0.29, 0.717) is 17.6 Å². The summed E-state index contributed by atoms with van der Waals surface area (Å²) in [5.41, 5.74) is 3.60. The van der Waals surface area contributed by atoms with E-state index in [0.717, 1.165) is 25.2 Å². The van der Waals surface area contributed by atoms with Gasteiger partial charge in [0.1, 0.15) is 12.1 Å². The number of hydrogen-bond donors (Lipinski definition) is 0. The predicted octanol–water partition coefficient (Wildman–Crippen LogP) is 3.51. The number of rotatable bonds is 3. The molecule has 0 aliphatic carbocycles. The summed E-state index contributed by atoms with van der Waals surface area (Å²) in [7, 11) is 0.